The van der Waals surface area contributed by atoms with Gasteiger partial charge in [0.25, 0.3) is 5.91 Å². The Hall–Kier alpha value is -1.93. The Bertz CT molecular complexity index is 700. The van der Waals surface area contributed by atoms with Gasteiger partial charge >= 0.3 is 6.18 Å². The molecule has 0 saturated carbocycles. The summed E-state index contributed by atoms with van der Waals surface area (Å²) >= 11 is 1.10. The van der Waals surface area contributed by atoms with E-state index in [0.29, 0.717) is 10.6 Å². The Morgan fingerprint density at radius 1 is 1.43 bits per heavy atom. The Morgan fingerprint density at radius 2 is 2.13 bits per heavy atom. The molecule has 0 saturated heterocycles. The SMILES string of the molecule is CC(CO)N(C)C(=O)c1csc(-c2cccc(C(F)(F)F)c2)n1. The van der Waals surface area contributed by atoms with Crippen molar-refractivity contribution in [3.05, 3.63) is 40.9 Å². The molecular formula is C15H15F3N2O2S. The lowest BCUT2D eigenvalue weighted by Crippen LogP contribution is -2.37. The lowest BCUT2D eigenvalue weighted by atomic mass is 10.1. The molecule has 1 unspecified atom stereocenters. The van der Waals surface area contributed by atoms with Gasteiger partial charge in [-0.2, -0.15) is 13.2 Å². The van der Waals surface area contributed by atoms with Gasteiger partial charge in [0.2, 0.25) is 0 Å². The van der Waals surface area contributed by atoms with Crippen molar-refractivity contribution < 1.29 is 23.1 Å². The van der Waals surface area contributed by atoms with E-state index in [-0.39, 0.29) is 24.2 Å². The Balaban J connectivity index is 2.28. The molecule has 0 fully saturated rings. The number of nitrogens with zero attached hydrogens (tertiary/aromatic N) is 2. The predicted octanol–water partition coefficient (Wildman–Crippen LogP) is 3.28. The minimum atomic E-state index is -4.43. The van der Waals surface area contributed by atoms with E-state index >= 15 is 0 Å². The summed E-state index contributed by atoms with van der Waals surface area (Å²) in [5.74, 6) is -0.388. The normalized spacial score (nSPS) is 13.0. The Kier molecular flexibility index (Phi) is 5.06. The highest BCUT2D eigenvalue weighted by atomic mass is 32.1. The van der Waals surface area contributed by atoms with Crippen molar-refractivity contribution in [1.29, 1.82) is 0 Å². The number of thiazole rings is 1. The average Bonchev–Trinajstić information content (AvgIpc) is 3.02. The first-order chi connectivity index (χ1) is 10.7. The van der Waals surface area contributed by atoms with Crippen LogP contribution in [-0.4, -0.2) is 40.6 Å². The summed E-state index contributed by atoms with van der Waals surface area (Å²) in [6, 6.07) is 4.44. The summed E-state index contributed by atoms with van der Waals surface area (Å²) < 4.78 is 38.2. The molecule has 0 aliphatic rings. The van der Waals surface area contributed by atoms with Crippen molar-refractivity contribution in [3.8, 4) is 10.6 Å². The molecule has 0 radical (unpaired) electrons. The average molecular weight is 344 g/mol. The van der Waals surface area contributed by atoms with Crippen molar-refractivity contribution >= 4 is 17.2 Å². The van der Waals surface area contributed by atoms with E-state index in [2.05, 4.69) is 4.98 Å². The van der Waals surface area contributed by atoms with Crippen LogP contribution in [0.4, 0.5) is 13.2 Å². The van der Waals surface area contributed by atoms with Crippen molar-refractivity contribution in [1.82, 2.24) is 9.88 Å². The number of hydrogen-bond donors (Lipinski definition) is 1. The zero-order valence-electron chi connectivity index (χ0n) is 12.5. The smallest absolute Gasteiger partial charge is 0.394 e. The van der Waals surface area contributed by atoms with Crippen LogP contribution in [0.3, 0.4) is 0 Å². The highest BCUT2D eigenvalue weighted by Crippen LogP contribution is 2.33. The molecular weight excluding hydrogens is 329 g/mol. The molecule has 0 aliphatic carbocycles. The quantitative estimate of drug-likeness (QED) is 0.926. The van der Waals surface area contributed by atoms with Gasteiger partial charge in [-0.15, -0.1) is 11.3 Å². The maximum absolute atomic E-state index is 12.7. The van der Waals surface area contributed by atoms with Crippen LogP contribution >= 0.6 is 11.3 Å². The van der Waals surface area contributed by atoms with Gasteiger partial charge in [0.15, 0.2) is 0 Å². The number of carbonyl (C=O) groups excluding carboxylic acids is 1. The van der Waals surface area contributed by atoms with Crippen molar-refractivity contribution in [2.24, 2.45) is 0 Å². The fourth-order valence-corrected chi connectivity index (χ4v) is 2.63. The highest BCUT2D eigenvalue weighted by molar-refractivity contribution is 7.13. The van der Waals surface area contributed by atoms with Crippen LogP contribution in [0, 0.1) is 0 Å². The van der Waals surface area contributed by atoms with E-state index in [1.807, 2.05) is 0 Å². The van der Waals surface area contributed by atoms with Crippen LogP contribution in [0.1, 0.15) is 23.0 Å². The van der Waals surface area contributed by atoms with Gasteiger partial charge < -0.3 is 10.0 Å². The van der Waals surface area contributed by atoms with Crippen molar-refractivity contribution in [2.45, 2.75) is 19.1 Å². The third kappa shape index (κ3) is 3.89. The number of amides is 1. The molecule has 1 aromatic carbocycles. The van der Waals surface area contributed by atoms with Gasteiger partial charge in [-0.25, -0.2) is 4.98 Å². The van der Waals surface area contributed by atoms with Crippen LogP contribution < -0.4 is 0 Å². The second-order valence-electron chi connectivity index (χ2n) is 5.06. The predicted molar refractivity (Wildman–Crippen MR) is 81.2 cm³/mol. The van der Waals surface area contributed by atoms with Gasteiger partial charge in [-0.05, 0) is 19.1 Å². The fraction of sp³-hybridized carbons (Fsp3) is 0.333. The van der Waals surface area contributed by atoms with Gasteiger partial charge in [-0.3, -0.25) is 4.79 Å². The van der Waals surface area contributed by atoms with Crippen molar-refractivity contribution in [2.75, 3.05) is 13.7 Å². The number of aliphatic hydroxyl groups is 1. The summed E-state index contributed by atoms with van der Waals surface area (Å²) in [6.07, 6.45) is -4.43. The molecule has 1 aromatic heterocycles. The lowest BCUT2D eigenvalue weighted by Gasteiger charge is -2.21. The summed E-state index contributed by atoms with van der Waals surface area (Å²) in [5, 5.41) is 10.9. The van der Waals surface area contributed by atoms with Crippen LogP contribution in [0.25, 0.3) is 10.6 Å². The molecule has 2 rings (SSSR count). The van der Waals surface area contributed by atoms with Crippen LogP contribution in [0.2, 0.25) is 0 Å². The van der Waals surface area contributed by atoms with Gasteiger partial charge in [0.05, 0.1) is 18.2 Å². The molecule has 0 bridgehead atoms. The van der Waals surface area contributed by atoms with E-state index in [4.69, 9.17) is 5.11 Å². The first-order valence-electron chi connectivity index (χ1n) is 6.75. The number of hydrogen-bond acceptors (Lipinski definition) is 4. The number of carbonyl (C=O) groups is 1. The molecule has 0 spiro atoms. The van der Waals surface area contributed by atoms with Crippen LogP contribution in [0.5, 0.6) is 0 Å². The zero-order valence-corrected chi connectivity index (χ0v) is 13.3. The summed E-state index contributed by atoms with van der Waals surface area (Å²) in [7, 11) is 1.53. The molecule has 2 aromatic rings. The number of aliphatic hydroxyl groups excluding tert-OH is 1. The molecule has 1 atom stereocenters. The lowest BCUT2D eigenvalue weighted by molar-refractivity contribution is -0.137. The minimum Gasteiger partial charge on any atom is -0.394 e. The van der Waals surface area contributed by atoms with Crippen molar-refractivity contribution in [3.63, 3.8) is 0 Å². The first-order valence-corrected chi connectivity index (χ1v) is 7.63. The van der Waals surface area contributed by atoms with E-state index in [1.54, 1.807) is 6.92 Å². The second kappa shape index (κ2) is 6.67. The largest absolute Gasteiger partial charge is 0.416 e. The fourth-order valence-electron chi connectivity index (χ4n) is 1.84. The maximum Gasteiger partial charge on any atom is 0.416 e. The zero-order chi connectivity index (χ0) is 17.2. The van der Waals surface area contributed by atoms with Crippen LogP contribution in [0.15, 0.2) is 29.6 Å². The number of rotatable bonds is 4. The van der Waals surface area contributed by atoms with Gasteiger partial charge in [-0.1, -0.05) is 12.1 Å². The molecule has 23 heavy (non-hydrogen) atoms. The first kappa shape index (κ1) is 17.4. The Labute approximate surface area is 135 Å². The van der Waals surface area contributed by atoms with Gasteiger partial charge in [0.1, 0.15) is 10.7 Å². The molecule has 8 heteroatoms. The molecule has 1 amide bonds. The molecule has 4 nitrogen and oxygen atoms in total. The van der Waals surface area contributed by atoms with E-state index < -0.39 is 11.7 Å². The number of halogens is 3. The number of alkyl halides is 3. The van der Waals surface area contributed by atoms with E-state index in [9.17, 15) is 18.0 Å². The summed E-state index contributed by atoms with van der Waals surface area (Å²) in [6.45, 7) is 1.49. The number of aromatic nitrogens is 1. The summed E-state index contributed by atoms with van der Waals surface area (Å²) in [5.41, 5.74) is -0.309. The van der Waals surface area contributed by atoms with E-state index in [1.165, 1.54) is 29.5 Å². The maximum atomic E-state index is 12.7. The molecule has 0 aliphatic heterocycles. The molecule has 1 N–H and O–H groups in total. The minimum absolute atomic E-state index is 0.144. The van der Waals surface area contributed by atoms with E-state index in [0.717, 1.165) is 23.5 Å². The third-order valence-electron chi connectivity index (χ3n) is 3.41. The molecule has 124 valence electrons. The van der Waals surface area contributed by atoms with Gasteiger partial charge in [0, 0.05) is 18.0 Å². The third-order valence-corrected chi connectivity index (χ3v) is 4.30. The highest BCUT2D eigenvalue weighted by Gasteiger charge is 2.30. The topological polar surface area (TPSA) is 53.4 Å². The number of likely N-dealkylation sites (N-methyl/N-ethyl adjacent to an activating group) is 1. The number of benzene rings is 1. The standard InChI is InChI=1S/C15H15F3N2O2S/c1-9(7-21)20(2)14(22)12-8-23-13(19-12)10-4-3-5-11(6-10)15(16,17)18/h3-6,8-9,21H,7H2,1-2H3. The summed E-state index contributed by atoms with van der Waals surface area (Å²) in [4.78, 5) is 17.7. The molecule has 1 heterocycles. The van der Waals surface area contributed by atoms with Crippen LogP contribution in [-0.2, 0) is 6.18 Å². The second-order valence-corrected chi connectivity index (χ2v) is 5.92. The Morgan fingerprint density at radius 3 is 2.74 bits per heavy atom. The monoisotopic (exact) mass is 344 g/mol.